The molecule has 1 amide bonds. The highest BCUT2D eigenvalue weighted by atomic mass is 16.5. The van der Waals surface area contributed by atoms with Crippen molar-refractivity contribution < 1.29 is 9.53 Å². The van der Waals surface area contributed by atoms with Gasteiger partial charge in [-0.25, -0.2) is 4.99 Å². The zero-order chi connectivity index (χ0) is 25.7. The normalized spacial score (nSPS) is 24.5. The number of fused-ring (bicyclic) bond motifs is 3. The van der Waals surface area contributed by atoms with Crippen molar-refractivity contribution in [2.24, 2.45) is 10.4 Å². The van der Waals surface area contributed by atoms with Crippen LogP contribution < -0.4 is 5.32 Å². The summed E-state index contributed by atoms with van der Waals surface area (Å²) >= 11 is 0. The molecule has 1 heterocycles. The minimum absolute atomic E-state index is 0.0316. The number of amides is 1. The molecule has 0 bridgehead atoms. The highest BCUT2D eigenvalue weighted by Crippen LogP contribution is 2.54. The minimum Gasteiger partial charge on any atom is -0.469 e. The van der Waals surface area contributed by atoms with Gasteiger partial charge >= 0.3 is 0 Å². The molecule has 4 unspecified atom stereocenters. The van der Waals surface area contributed by atoms with Gasteiger partial charge in [0.1, 0.15) is 18.2 Å². The summed E-state index contributed by atoms with van der Waals surface area (Å²) in [5.74, 6) is 1.93. The smallest absolute Gasteiger partial charge is 0.217 e. The summed E-state index contributed by atoms with van der Waals surface area (Å²) in [7, 11) is 0. The molecule has 1 aliphatic heterocycles. The summed E-state index contributed by atoms with van der Waals surface area (Å²) in [6, 6.07) is 15.2. The van der Waals surface area contributed by atoms with Crippen molar-refractivity contribution >= 4 is 11.8 Å². The lowest BCUT2D eigenvalue weighted by Crippen LogP contribution is -2.48. The lowest BCUT2D eigenvalue weighted by Gasteiger charge is -2.40. The fourth-order valence-electron chi connectivity index (χ4n) is 5.83. The monoisotopic (exact) mass is 474 g/mol. The van der Waals surface area contributed by atoms with Crippen LogP contribution in [0.25, 0.3) is 0 Å². The maximum Gasteiger partial charge on any atom is 0.217 e. The number of hydrogen-bond donors (Lipinski definition) is 1. The van der Waals surface area contributed by atoms with E-state index >= 15 is 0 Å². The minimum atomic E-state index is -0.279. The molecule has 2 aromatic rings. The molecule has 2 aromatic carbocycles. The molecule has 0 aromatic heterocycles. The Balaban J connectivity index is 1.92. The van der Waals surface area contributed by atoms with Gasteiger partial charge in [0.25, 0.3) is 0 Å². The fourth-order valence-corrected chi connectivity index (χ4v) is 5.83. The lowest BCUT2D eigenvalue weighted by atomic mass is 9.66. The quantitative estimate of drug-likeness (QED) is 0.497. The van der Waals surface area contributed by atoms with Crippen LogP contribution in [-0.4, -0.2) is 23.9 Å². The highest BCUT2D eigenvalue weighted by Gasteiger charge is 2.50. The van der Waals surface area contributed by atoms with Gasteiger partial charge in [0.05, 0.1) is 0 Å². The summed E-state index contributed by atoms with van der Waals surface area (Å²) in [5, 5.41) is 3.13. The van der Waals surface area contributed by atoms with Gasteiger partial charge in [0, 0.05) is 18.4 Å². The van der Waals surface area contributed by atoms with Gasteiger partial charge in [-0.3, -0.25) is 4.79 Å². The van der Waals surface area contributed by atoms with Crippen LogP contribution in [0.2, 0.25) is 0 Å². The first-order valence-corrected chi connectivity index (χ1v) is 13.1. The zero-order valence-corrected chi connectivity index (χ0v) is 22.8. The Morgan fingerprint density at radius 1 is 1.03 bits per heavy atom. The third-order valence-electron chi connectivity index (χ3n) is 7.72. The predicted octanol–water partition coefficient (Wildman–Crippen LogP) is 7.22. The number of carbonyl (C=O) groups is 1. The van der Waals surface area contributed by atoms with Crippen molar-refractivity contribution in [3.63, 3.8) is 0 Å². The number of benzene rings is 2. The molecule has 0 saturated carbocycles. The second-order valence-corrected chi connectivity index (χ2v) is 12.1. The molecule has 188 valence electrons. The van der Waals surface area contributed by atoms with E-state index in [-0.39, 0.29) is 35.4 Å². The van der Waals surface area contributed by atoms with Crippen molar-refractivity contribution in [3.05, 3.63) is 70.3 Å². The van der Waals surface area contributed by atoms with Crippen LogP contribution in [0.3, 0.4) is 0 Å². The number of carbonyl (C=O) groups excluding carboxylic acids is 1. The molecule has 0 spiro atoms. The first-order chi connectivity index (χ1) is 16.4. The van der Waals surface area contributed by atoms with Gasteiger partial charge in [0.15, 0.2) is 0 Å². The molecule has 2 aliphatic rings. The Morgan fingerprint density at radius 3 is 2.23 bits per heavy atom. The standard InChI is InChI=1S/C31H42N2O2/c1-17(2)22-15-23(18(3)4)26-24(16-22)19(5)25(21-13-11-10-12-14-21)27-28(26)35-30(33-27)29(31(7,8)9)32-20(6)34/h10-19,25,27-29H,1-9H3,(H,32,34)/t19?,25?,27-,28?,29?/m0/s1. The van der Waals surface area contributed by atoms with E-state index in [9.17, 15) is 4.79 Å². The summed E-state index contributed by atoms with van der Waals surface area (Å²) in [6.07, 6.45) is -0.154. The molecule has 0 radical (unpaired) electrons. The summed E-state index contributed by atoms with van der Waals surface area (Å²) < 4.78 is 6.81. The molecule has 4 heteroatoms. The fraction of sp³-hybridized carbons (Fsp3) is 0.548. The van der Waals surface area contributed by atoms with Crippen LogP contribution in [0.5, 0.6) is 0 Å². The van der Waals surface area contributed by atoms with Crippen LogP contribution in [0.15, 0.2) is 47.5 Å². The van der Waals surface area contributed by atoms with E-state index in [0.29, 0.717) is 23.7 Å². The van der Waals surface area contributed by atoms with E-state index in [1.807, 2.05) is 0 Å². The van der Waals surface area contributed by atoms with E-state index in [0.717, 1.165) is 0 Å². The zero-order valence-electron chi connectivity index (χ0n) is 22.8. The third kappa shape index (κ3) is 4.77. The molecular weight excluding hydrogens is 432 g/mol. The van der Waals surface area contributed by atoms with E-state index in [2.05, 4.69) is 103 Å². The van der Waals surface area contributed by atoms with Gasteiger partial charge < -0.3 is 10.1 Å². The van der Waals surface area contributed by atoms with Gasteiger partial charge in [-0.15, -0.1) is 0 Å². The Labute approximate surface area is 211 Å². The van der Waals surface area contributed by atoms with Crippen molar-refractivity contribution in [2.75, 3.05) is 0 Å². The number of rotatable bonds is 5. The molecule has 5 atom stereocenters. The topological polar surface area (TPSA) is 50.7 Å². The van der Waals surface area contributed by atoms with Crippen LogP contribution in [0, 0.1) is 5.41 Å². The molecule has 4 rings (SSSR count). The highest BCUT2D eigenvalue weighted by molar-refractivity contribution is 5.89. The average Bonchev–Trinajstić information content (AvgIpc) is 3.20. The van der Waals surface area contributed by atoms with Crippen molar-refractivity contribution in [1.29, 1.82) is 0 Å². The maximum absolute atomic E-state index is 12.1. The molecule has 1 N–H and O–H groups in total. The summed E-state index contributed by atoms with van der Waals surface area (Å²) in [6.45, 7) is 19.4. The Hall–Kier alpha value is -2.62. The van der Waals surface area contributed by atoms with E-state index in [1.54, 1.807) is 6.92 Å². The molecule has 35 heavy (non-hydrogen) atoms. The maximum atomic E-state index is 12.1. The van der Waals surface area contributed by atoms with Crippen LogP contribution in [0.1, 0.15) is 120 Å². The molecule has 0 saturated heterocycles. The SMILES string of the molecule is CC(=O)NC(C1=N[C@@H]2C(O1)c1c(C(C)C)cc(C(C)C)cc1C(C)C2c1ccccc1)C(C)(C)C. The Kier molecular flexibility index (Phi) is 6.87. The van der Waals surface area contributed by atoms with Crippen LogP contribution in [-0.2, 0) is 9.53 Å². The van der Waals surface area contributed by atoms with Crippen molar-refractivity contribution in [3.8, 4) is 0 Å². The van der Waals surface area contributed by atoms with Gasteiger partial charge in [-0.1, -0.05) is 97.9 Å². The number of hydrogen-bond acceptors (Lipinski definition) is 3. The predicted molar refractivity (Wildman–Crippen MR) is 144 cm³/mol. The van der Waals surface area contributed by atoms with Crippen molar-refractivity contribution in [1.82, 2.24) is 5.32 Å². The van der Waals surface area contributed by atoms with Gasteiger partial charge in [-0.2, -0.15) is 0 Å². The van der Waals surface area contributed by atoms with Gasteiger partial charge in [0.2, 0.25) is 11.8 Å². The molecular formula is C31H42N2O2. The first kappa shape index (κ1) is 25.5. The Bertz CT molecular complexity index is 1110. The van der Waals surface area contributed by atoms with Gasteiger partial charge in [-0.05, 0) is 45.4 Å². The largest absolute Gasteiger partial charge is 0.469 e. The first-order valence-electron chi connectivity index (χ1n) is 13.1. The lowest BCUT2D eigenvalue weighted by molar-refractivity contribution is -0.120. The average molecular weight is 475 g/mol. The van der Waals surface area contributed by atoms with Crippen LogP contribution in [0.4, 0.5) is 0 Å². The number of ether oxygens (including phenoxy) is 1. The van der Waals surface area contributed by atoms with E-state index in [4.69, 9.17) is 9.73 Å². The second-order valence-electron chi connectivity index (χ2n) is 12.1. The molecule has 4 nitrogen and oxygen atoms in total. The Morgan fingerprint density at radius 2 is 1.69 bits per heavy atom. The number of aliphatic imine (C=N–C) groups is 1. The summed E-state index contributed by atoms with van der Waals surface area (Å²) in [4.78, 5) is 17.4. The molecule has 1 aliphatic carbocycles. The summed E-state index contributed by atoms with van der Waals surface area (Å²) in [5.41, 5.74) is 6.51. The third-order valence-corrected chi connectivity index (χ3v) is 7.72. The van der Waals surface area contributed by atoms with Crippen LogP contribution >= 0.6 is 0 Å². The number of nitrogens with zero attached hydrogens (tertiary/aromatic N) is 1. The number of nitrogens with one attached hydrogen (secondary N) is 1. The van der Waals surface area contributed by atoms with E-state index < -0.39 is 0 Å². The van der Waals surface area contributed by atoms with Crippen molar-refractivity contribution in [2.45, 2.75) is 104 Å². The van der Waals surface area contributed by atoms with E-state index in [1.165, 1.54) is 27.8 Å². The second kappa shape index (κ2) is 9.44. The molecule has 0 fully saturated rings.